The largest absolute Gasteiger partial charge is 0.376 e. The first-order valence-electron chi connectivity index (χ1n) is 22.3. The molecule has 16 heteroatoms. The Bertz CT molecular complexity index is 2270. The number of likely N-dealkylation sites (tertiary alicyclic amines) is 1. The van der Waals surface area contributed by atoms with Crippen LogP contribution in [0.1, 0.15) is 116 Å². The topological polar surface area (TPSA) is 175 Å². The van der Waals surface area contributed by atoms with Gasteiger partial charge in [-0.15, -0.1) is 0 Å². The van der Waals surface area contributed by atoms with Crippen molar-refractivity contribution in [1.82, 2.24) is 19.2 Å². The molecule has 3 saturated heterocycles. The van der Waals surface area contributed by atoms with Gasteiger partial charge in [0.15, 0.2) is 0 Å². The lowest BCUT2D eigenvalue weighted by molar-refractivity contribution is -0.0273. The average molecular weight is 867 g/mol. The van der Waals surface area contributed by atoms with Gasteiger partial charge in [-0.1, -0.05) is 12.1 Å². The molecule has 7 aliphatic rings. The second-order valence-corrected chi connectivity index (χ2v) is 22.8. The molecule has 60 heavy (non-hydrogen) atoms. The van der Waals surface area contributed by atoms with E-state index < -0.39 is 44.3 Å². The van der Waals surface area contributed by atoms with Gasteiger partial charge in [0, 0.05) is 55.1 Å². The fourth-order valence-corrected chi connectivity index (χ4v) is 14.0. The number of fused-ring (bicyclic) bond motifs is 4. The van der Waals surface area contributed by atoms with E-state index in [2.05, 4.69) is 69.7 Å². The summed E-state index contributed by atoms with van der Waals surface area (Å²) in [5.74, 6) is -0.359. The molecule has 2 aromatic rings. The van der Waals surface area contributed by atoms with Crippen LogP contribution in [0.2, 0.25) is 0 Å². The van der Waals surface area contributed by atoms with E-state index >= 15 is 0 Å². The molecule has 4 amide bonds. The maximum absolute atomic E-state index is 13.7. The highest BCUT2D eigenvalue weighted by molar-refractivity contribution is 7.90. The van der Waals surface area contributed by atoms with Crippen LogP contribution < -0.4 is 20.1 Å². The first kappa shape index (κ1) is 42.0. The first-order chi connectivity index (χ1) is 28.6. The molecule has 3 heterocycles. The van der Waals surface area contributed by atoms with E-state index in [1.807, 2.05) is 0 Å². The zero-order valence-electron chi connectivity index (χ0n) is 35.5. The number of amides is 4. The van der Waals surface area contributed by atoms with Crippen LogP contribution in [0.4, 0.5) is 21.0 Å². The summed E-state index contributed by atoms with van der Waals surface area (Å²) in [4.78, 5) is 31.8. The summed E-state index contributed by atoms with van der Waals surface area (Å²) >= 11 is 0. The molecule has 4 unspecified atom stereocenters. The molecule has 0 bridgehead atoms. The van der Waals surface area contributed by atoms with Gasteiger partial charge >= 0.3 is 12.1 Å². The van der Waals surface area contributed by atoms with Gasteiger partial charge < -0.3 is 20.1 Å². The summed E-state index contributed by atoms with van der Waals surface area (Å²) < 4.78 is 69.7. The van der Waals surface area contributed by atoms with Gasteiger partial charge in [0.2, 0.25) is 20.0 Å². The van der Waals surface area contributed by atoms with Crippen LogP contribution >= 0.6 is 0 Å². The van der Waals surface area contributed by atoms with Crippen LogP contribution in [-0.4, -0.2) is 114 Å². The van der Waals surface area contributed by atoms with Crippen molar-refractivity contribution in [2.75, 3.05) is 61.5 Å². The molecule has 9 rings (SSSR count). The van der Waals surface area contributed by atoms with Crippen LogP contribution in [0.3, 0.4) is 0 Å². The van der Waals surface area contributed by atoms with E-state index in [0.717, 1.165) is 117 Å². The SMILES string of the molecule is CC(C)N1CCOC(CS(=O)(=O)NC(=O)Nc2c3c(cc4c2C(C2CCc5c2cc2c(c5NC(=O)NS(=O)(=O)CC5CC6(CO5)CN(C(C)C)C6)CCC2)CC4)CCC3)C1. The number of hydrogen-bond donors (Lipinski definition) is 4. The lowest BCUT2D eigenvalue weighted by Crippen LogP contribution is -2.59. The number of ether oxygens (including phenoxy) is 2. The van der Waals surface area contributed by atoms with Crippen molar-refractivity contribution < 1.29 is 35.9 Å². The molecule has 0 radical (unpaired) electrons. The fourth-order valence-electron chi connectivity index (χ4n) is 11.7. The number of hydrogen-bond acceptors (Lipinski definition) is 10. The monoisotopic (exact) mass is 866 g/mol. The molecule has 3 fully saturated rings. The van der Waals surface area contributed by atoms with E-state index in [1.54, 1.807) is 0 Å². The van der Waals surface area contributed by atoms with Crippen LogP contribution in [0, 0.1) is 5.41 Å². The van der Waals surface area contributed by atoms with E-state index in [9.17, 15) is 26.4 Å². The van der Waals surface area contributed by atoms with Crippen molar-refractivity contribution in [2.45, 2.75) is 134 Å². The van der Waals surface area contributed by atoms with Crippen molar-refractivity contribution in [3.8, 4) is 0 Å². The third kappa shape index (κ3) is 8.33. The van der Waals surface area contributed by atoms with Gasteiger partial charge in [-0.2, -0.15) is 0 Å². The summed E-state index contributed by atoms with van der Waals surface area (Å²) in [6, 6.07) is 3.83. The number of urea groups is 2. The fraction of sp³-hybridized carbons (Fsp3) is 0.682. The molecule has 0 aromatic heterocycles. The van der Waals surface area contributed by atoms with Gasteiger partial charge in [0.25, 0.3) is 0 Å². The number of aryl methyl sites for hydroxylation is 3. The molecule has 4 aliphatic carbocycles. The third-order valence-electron chi connectivity index (χ3n) is 14.5. The third-order valence-corrected chi connectivity index (χ3v) is 17.1. The van der Waals surface area contributed by atoms with Crippen molar-refractivity contribution in [2.24, 2.45) is 5.41 Å². The number of morpholine rings is 1. The maximum Gasteiger partial charge on any atom is 0.332 e. The van der Waals surface area contributed by atoms with E-state index in [0.29, 0.717) is 32.2 Å². The summed E-state index contributed by atoms with van der Waals surface area (Å²) in [5, 5.41) is 6.10. The highest BCUT2D eigenvalue weighted by atomic mass is 32.2. The van der Waals surface area contributed by atoms with Crippen molar-refractivity contribution in [3.63, 3.8) is 0 Å². The predicted octanol–water partition coefficient (Wildman–Crippen LogP) is 4.93. The predicted molar refractivity (Wildman–Crippen MR) is 231 cm³/mol. The second-order valence-electron chi connectivity index (χ2n) is 19.3. The Morgan fingerprint density at radius 2 is 1.33 bits per heavy atom. The van der Waals surface area contributed by atoms with Crippen LogP contribution in [0.5, 0.6) is 0 Å². The van der Waals surface area contributed by atoms with Crippen LogP contribution in [0.15, 0.2) is 12.1 Å². The minimum atomic E-state index is -3.99. The molecule has 14 nitrogen and oxygen atoms in total. The van der Waals surface area contributed by atoms with Crippen molar-refractivity contribution in [1.29, 1.82) is 0 Å². The van der Waals surface area contributed by atoms with Crippen LogP contribution in [0.25, 0.3) is 0 Å². The number of carbonyl (C=O) groups is 2. The van der Waals surface area contributed by atoms with Crippen LogP contribution in [-0.2, 0) is 68.0 Å². The van der Waals surface area contributed by atoms with Crippen molar-refractivity contribution in [3.05, 3.63) is 56.6 Å². The van der Waals surface area contributed by atoms with Crippen molar-refractivity contribution >= 4 is 43.5 Å². The smallest absolute Gasteiger partial charge is 0.332 e. The van der Waals surface area contributed by atoms with E-state index in [4.69, 9.17) is 9.47 Å². The number of nitrogens with zero attached hydrogens (tertiary/aromatic N) is 2. The highest BCUT2D eigenvalue weighted by Crippen LogP contribution is 2.55. The molecular formula is C44H62N6O8S2. The number of carbonyl (C=O) groups excluding carboxylic acids is 2. The Kier molecular flexibility index (Phi) is 11.3. The Morgan fingerprint density at radius 3 is 2.02 bits per heavy atom. The normalized spacial score (nSPS) is 25.9. The molecule has 328 valence electrons. The van der Waals surface area contributed by atoms with Gasteiger partial charge in [0.05, 0.1) is 36.9 Å². The van der Waals surface area contributed by atoms with Gasteiger partial charge in [-0.3, -0.25) is 9.80 Å². The lowest BCUT2D eigenvalue weighted by atomic mass is 9.77. The standard InChI is InChI=1S/C44H62N6O8S2/c1-26(2)49-15-16-57-32(20-49)22-60(55,56)48-43(52)46-41-34-10-5-7-28(34)17-30-11-12-36(39(30)41)35-13-14-37-38(35)18-29-8-6-9-33(29)40(37)45-42(51)47-59(53,54)21-31-19-44(25-58-31)23-50(24-44)27(3)4/h17-18,26-27,31-32,35-36H,5-16,19-25H2,1-4H3,(H2,45,47,51)(H2,46,48,52). The Morgan fingerprint density at radius 1 is 0.717 bits per heavy atom. The molecular weight excluding hydrogens is 805 g/mol. The number of rotatable bonds is 11. The molecule has 1 spiro atoms. The molecule has 4 atom stereocenters. The number of anilines is 2. The van der Waals surface area contributed by atoms with Gasteiger partial charge in [0.1, 0.15) is 0 Å². The number of nitrogens with one attached hydrogen (secondary N) is 4. The molecule has 4 N–H and O–H groups in total. The lowest BCUT2D eigenvalue weighted by Gasteiger charge is -2.49. The minimum absolute atomic E-state index is 0.00135. The van der Waals surface area contributed by atoms with Gasteiger partial charge in [-0.05, 0) is 155 Å². The number of benzene rings is 2. The number of sulfonamides is 2. The minimum Gasteiger partial charge on any atom is -0.376 e. The molecule has 3 aliphatic heterocycles. The highest BCUT2D eigenvalue weighted by Gasteiger charge is 2.50. The Balaban J connectivity index is 0.916. The summed E-state index contributed by atoms with van der Waals surface area (Å²) in [6.45, 7) is 12.5. The second kappa shape index (κ2) is 16.1. The maximum atomic E-state index is 13.7. The summed E-state index contributed by atoms with van der Waals surface area (Å²) in [7, 11) is -7.96. The summed E-state index contributed by atoms with van der Waals surface area (Å²) in [6.07, 6.45) is 8.38. The van der Waals surface area contributed by atoms with E-state index in [-0.39, 0.29) is 34.8 Å². The Hall–Kier alpha value is -3.28. The van der Waals surface area contributed by atoms with Gasteiger partial charge in [-0.25, -0.2) is 35.9 Å². The Labute approximate surface area is 355 Å². The molecule has 0 saturated carbocycles. The zero-order chi connectivity index (χ0) is 42.1. The first-order valence-corrected chi connectivity index (χ1v) is 25.6. The summed E-state index contributed by atoms with van der Waals surface area (Å²) in [5.41, 5.74) is 10.6. The zero-order valence-corrected chi connectivity index (χ0v) is 37.2. The average Bonchev–Trinajstić information content (AvgIpc) is 4.00. The quantitative estimate of drug-likeness (QED) is 0.242. The van der Waals surface area contributed by atoms with E-state index in [1.165, 1.54) is 22.3 Å². The molecule has 2 aromatic carbocycles.